The first-order valence-electron chi connectivity index (χ1n) is 7.65. The van der Waals surface area contributed by atoms with Crippen molar-refractivity contribution >= 4 is 11.7 Å². The number of carboxylic acids is 1. The fraction of sp³-hybridized carbons (Fsp3) is 0.867. The molecule has 4 heteroatoms. The maximum absolute atomic E-state index is 10.5. The van der Waals surface area contributed by atoms with E-state index in [1.165, 1.54) is 44.9 Å². The molecule has 1 atom stereocenters. The summed E-state index contributed by atoms with van der Waals surface area (Å²) in [5.41, 5.74) is 0.912. The third-order valence-electron chi connectivity index (χ3n) is 3.55. The second kappa shape index (κ2) is 9.82. The van der Waals surface area contributed by atoms with Crippen molar-refractivity contribution < 1.29 is 14.7 Å². The number of nitrogens with zero attached hydrogens (tertiary/aromatic N) is 1. The molecule has 0 amide bonds. The van der Waals surface area contributed by atoms with E-state index in [-0.39, 0.29) is 12.5 Å². The van der Waals surface area contributed by atoms with Gasteiger partial charge >= 0.3 is 5.97 Å². The van der Waals surface area contributed by atoms with Gasteiger partial charge in [-0.1, -0.05) is 50.6 Å². The van der Waals surface area contributed by atoms with Crippen LogP contribution in [0.4, 0.5) is 0 Å². The normalized spacial score (nSPS) is 18.2. The standard InChI is InChI=1S/C15H27NO3/c1-2-3-4-5-6-7-8-9-14-12-13(16-19-14)10-11-15(17)18/h14H,2-12H2,1H3,(H,17,18). The van der Waals surface area contributed by atoms with Crippen molar-refractivity contribution in [3.8, 4) is 0 Å². The molecular weight excluding hydrogens is 242 g/mol. The minimum Gasteiger partial charge on any atom is -0.481 e. The van der Waals surface area contributed by atoms with E-state index in [9.17, 15) is 4.79 Å². The number of hydrogen-bond acceptors (Lipinski definition) is 3. The van der Waals surface area contributed by atoms with Crippen molar-refractivity contribution in [2.75, 3.05) is 0 Å². The van der Waals surface area contributed by atoms with Crippen LogP contribution in [0.15, 0.2) is 5.16 Å². The molecule has 0 saturated carbocycles. The summed E-state index contributed by atoms with van der Waals surface area (Å²) >= 11 is 0. The summed E-state index contributed by atoms with van der Waals surface area (Å²) in [6, 6.07) is 0. The van der Waals surface area contributed by atoms with Crippen LogP contribution >= 0.6 is 0 Å². The van der Waals surface area contributed by atoms with Gasteiger partial charge in [0.15, 0.2) is 0 Å². The van der Waals surface area contributed by atoms with Gasteiger partial charge in [-0.25, -0.2) is 0 Å². The molecule has 0 spiro atoms. The second-order valence-corrected chi connectivity index (χ2v) is 5.39. The molecule has 110 valence electrons. The topological polar surface area (TPSA) is 58.9 Å². The SMILES string of the molecule is CCCCCCCCCC1CC(CCC(=O)O)=NO1. The van der Waals surface area contributed by atoms with Gasteiger partial charge in [-0.2, -0.15) is 0 Å². The molecule has 1 heterocycles. The summed E-state index contributed by atoms with van der Waals surface area (Å²) in [4.78, 5) is 15.8. The molecule has 0 aromatic heterocycles. The monoisotopic (exact) mass is 269 g/mol. The van der Waals surface area contributed by atoms with Crippen LogP contribution in [-0.2, 0) is 9.63 Å². The first-order chi connectivity index (χ1) is 9.22. The average molecular weight is 269 g/mol. The molecule has 1 rings (SSSR count). The molecule has 1 aliphatic heterocycles. The lowest BCUT2D eigenvalue weighted by Gasteiger charge is -2.07. The molecule has 1 aliphatic rings. The fourth-order valence-corrected chi connectivity index (χ4v) is 2.37. The Morgan fingerprint density at radius 3 is 2.63 bits per heavy atom. The van der Waals surface area contributed by atoms with E-state index in [2.05, 4.69) is 12.1 Å². The minimum absolute atomic E-state index is 0.159. The van der Waals surface area contributed by atoms with Crippen LogP contribution in [0.3, 0.4) is 0 Å². The molecule has 4 nitrogen and oxygen atoms in total. The van der Waals surface area contributed by atoms with Crippen molar-refractivity contribution in [2.45, 2.75) is 83.7 Å². The highest BCUT2D eigenvalue weighted by molar-refractivity contribution is 5.87. The summed E-state index contributed by atoms with van der Waals surface area (Å²) in [5, 5.41) is 12.6. The smallest absolute Gasteiger partial charge is 0.303 e. The van der Waals surface area contributed by atoms with Crippen LogP contribution in [0.25, 0.3) is 0 Å². The van der Waals surface area contributed by atoms with Gasteiger partial charge in [-0.3, -0.25) is 4.79 Å². The Bertz CT molecular complexity index is 289. The van der Waals surface area contributed by atoms with Crippen LogP contribution in [0.2, 0.25) is 0 Å². The van der Waals surface area contributed by atoms with Gasteiger partial charge in [0.25, 0.3) is 0 Å². The first kappa shape index (κ1) is 16.0. The molecular formula is C15H27NO3. The largest absolute Gasteiger partial charge is 0.481 e. The maximum atomic E-state index is 10.5. The number of hydrogen-bond donors (Lipinski definition) is 1. The lowest BCUT2D eigenvalue weighted by Crippen LogP contribution is -2.08. The van der Waals surface area contributed by atoms with E-state index in [4.69, 9.17) is 9.94 Å². The zero-order valence-electron chi connectivity index (χ0n) is 12.1. The summed E-state index contributed by atoms with van der Waals surface area (Å²) in [5.74, 6) is -0.766. The lowest BCUT2D eigenvalue weighted by atomic mass is 10.0. The number of oxime groups is 1. The van der Waals surface area contributed by atoms with E-state index in [0.29, 0.717) is 6.42 Å². The van der Waals surface area contributed by atoms with Crippen molar-refractivity contribution in [3.63, 3.8) is 0 Å². The third kappa shape index (κ3) is 7.85. The summed E-state index contributed by atoms with van der Waals surface area (Å²) < 4.78 is 0. The molecule has 0 aliphatic carbocycles. The Kier molecular flexibility index (Phi) is 8.26. The minimum atomic E-state index is -0.766. The van der Waals surface area contributed by atoms with Gasteiger partial charge in [0.05, 0.1) is 12.1 Å². The Morgan fingerprint density at radius 2 is 1.95 bits per heavy atom. The summed E-state index contributed by atoms with van der Waals surface area (Å²) in [6.45, 7) is 2.24. The van der Waals surface area contributed by atoms with Crippen LogP contribution in [0.1, 0.15) is 77.6 Å². The first-order valence-corrected chi connectivity index (χ1v) is 7.65. The molecule has 0 saturated heterocycles. The molecule has 0 aromatic carbocycles. The lowest BCUT2D eigenvalue weighted by molar-refractivity contribution is -0.136. The zero-order valence-corrected chi connectivity index (χ0v) is 12.1. The molecule has 19 heavy (non-hydrogen) atoms. The Balaban J connectivity index is 1.94. The van der Waals surface area contributed by atoms with Gasteiger partial charge in [-0.15, -0.1) is 0 Å². The number of aliphatic carboxylic acids is 1. The van der Waals surface area contributed by atoms with Gasteiger partial charge in [0.1, 0.15) is 6.10 Å². The molecule has 0 bridgehead atoms. The van der Waals surface area contributed by atoms with Crippen LogP contribution < -0.4 is 0 Å². The second-order valence-electron chi connectivity index (χ2n) is 5.39. The Hall–Kier alpha value is -1.06. The molecule has 0 fully saturated rings. The molecule has 0 aromatic rings. The van der Waals surface area contributed by atoms with Crippen LogP contribution in [-0.4, -0.2) is 22.9 Å². The van der Waals surface area contributed by atoms with Gasteiger partial charge < -0.3 is 9.94 Å². The van der Waals surface area contributed by atoms with Crippen molar-refractivity contribution in [2.24, 2.45) is 5.16 Å². The average Bonchev–Trinajstić information content (AvgIpc) is 2.83. The van der Waals surface area contributed by atoms with Gasteiger partial charge in [-0.05, 0) is 19.3 Å². The zero-order chi connectivity index (χ0) is 13.9. The summed E-state index contributed by atoms with van der Waals surface area (Å²) in [6.07, 6.45) is 11.9. The highest BCUT2D eigenvalue weighted by atomic mass is 16.6. The van der Waals surface area contributed by atoms with E-state index in [1.807, 2.05) is 0 Å². The Labute approximate surface area is 116 Å². The highest BCUT2D eigenvalue weighted by Crippen LogP contribution is 2.19. The number of unbranched alkanes of at least 4 members (excludes halogenated alkanes) is 6. The van der Waals surface area contributed by atoms with Crippen molar-refractivity contribution in [1.82, 2.24) is 0 Å². The third-order valence-corrected chi connectivity index (χ3v) is 3.55. The number of rotatable bonds is 11. The van der Waals surface area contributed by atoms with Gasteiger partial charge in [0.2, 0.25) is 0 Å². The highest BCUT2D eigenvalue weighted by Gasteiger charge is 2.20. The van der Waals surface area contributed by atoms with Crippen LogP contribution in [0, 0.1) is 0 Å². The van der Waals surface area contributed by atoms with E-state index in [1.54, 1.807) is 0 Å². The predicted octanol–water partition coefficient (Wildman–Crippen LogP) is 4.14. The van der Waals surface area contributed by atoms with E-state index < -0.39 is 5.97 Å². The van der Waals surface area contributed by atoms with Gasteiger partial charge in [0, 0.05) is 6.42 Å². The Morgan fingerprint density at radius 1 is 1.26 bits per heavy atom. The van der Waals surface area contributed by atoms with Crippen molar-refractivity contribution in [3.05, 3.63) is 0 Å². The van der Waals surface area contributed by atoms with E-state index >= 15 is 0 Å². The fourth-order valence-electron chi connectivity index (χ4n) is 2.37. The predicted molar refractivity (Wildman–Crippen MR) is 76.4 cm³/mol. The quantitative estimate of drug-likeness (QED) is 0.573. The van der Waals surface area contributed by atoms with Crippen molar-refractivity contribution in [1.29, 1.82) is 0 Å². The summed E-state index contributed by atoms with van der Waals surface area (Å²) in [7, 11) is 0. The number of carbonyl (C=O) groups is 1. The maximum Gasteiger partial charge on any atom is 0.303 e. The molecule has 1 N–H and O–H groups in total. The molecule has 1 unspecified atom stereocenters. The van der Waals surface area contributed by atoms with Crippen LogP contribution in [0.5, 0.6) is 0 Å². The number of carboxylic acid groups (broad SMARTS) is 1. The van der Waals surface area contributed by atoms with E-state index in [0.717, 1.165) is 18.6 Å². The molecule has 0 radical (unpaired) electrons.